The average molecular weight is 576 g/mol. The average Bonchev–Trinajstić information content (AvgIpc) is 3.35. The number of amides is 1. The summed E-state index contributed by atoms with van der Waals surface area (Å²) < 4.78 is 6.22. The first-order valence-corrected chi connectivity index (χ1v) is 14.4. The third-order valence-electron chi connectivity index (χ3n) is 9.74. The van der Waals surface area contributed by atoms with Crippen LogP contribution in [0.4, 0.5) is 0 Å². The van der Waals surface area contributed by atoms with E-state index in [4.69, 9.17) is 10.2 Å². The number of Topliss-reactive ketones (excluding diaryl/α,β-unsaturated/α-hetero) is 1. The summed E-state index contributed by atoms with van der Waals surface area (Å²) in [7, 11) is 5.60. The van der Waals surface area contributed by atoms with Crippen molar-refractivity contribution in [2.24, 2.45) is 28.9 Å². The number of carbonyl (C=O) groups excluding carboxylic acids is 2. The molecule has 0 spiro atoms. The maximum atomic E-state index is 14.4. The van der Waals surface area contributed by atoms with Gasteiger partial charge in [-0.2, -0.15) is 0 Å². The Bertz CT molecular complexity index is 1530. The second-order valence-corrected chi connectivity index (χ2v) is 12.7. The highest BCUT2D eigenvalue weighted by Crippen LogP contribution is 2.58. The van der Waals surface area contributed by atoms with Crippen LogP contribution in [0.2, 0.25) is 0 Å². The summed E-state index contributed by atoms with van der Waals surface area (Å²) in [6.45, 7) is 10.5. The van der Waals surface area contributed by atoms with E-state index in [0.29, 0.717) is 36.8 Å². The lowest BCUT2D eigenvalue weighted by Crippen LogP contribution is -2.58. The van der Waals surface area contributed by atoms with Crippen molar-refractivity contribution in [3.8, 4) is 17.1 Å². The molecule has 0 bridgehead atoms. The number of aliphatic hydroxyl groups excluding tert-OH is 2. The van der Waals surface area contributed by atoms with Crippen LogP contribution in [0, 0.1) is 23.2 Å². The maximum Gasteiger partial charge on any atom is 0.248 e. The fraction of sp³-hybridized carbons (Fsp3) is 0.455. The number of aromatic hydroxyl groups is 1. The summed E-state index contributed by atoms with van der Waals surface area (Å²) in [5.74, 6) is -1.85. The molecule has 1 aromatic heterocycles. The van der Waals surface area contributed by atoms with Gasteiger partial charge in [0.15, 0.2) is 5.78 Å². The van der Waals surface area contributed by atoms with Gasteiger partial charge in [-0.1, -0.05) is 13.0 Å². The van der Waals surface area contributed by atoms with Gasteiger partial charge in [-0.05, 0) is 89.5 Å². The molecular weight excluding hydrogens is 534 g/mol. The fourth-order valence-electron chi connectivity index (χ4n) is 7.46. The number of aliphatic hydroxyl groups is 2. The number of likely N-dealkylation sites (N-methyl/N-ethyl adjacent to an activating group) is 1. The smallest absolute Gasteiger partial charge is 0.248 e. The molecule has 3 unspecified atom stereocenters. The SMILES string of the molecule is C=C[C@]1(C)C(C(N)=O)=C(O)[C@@H](N(C)C)C2CC3Cc4c(-c5ccc(CN(C)C(C)C)o5)ccc(O)c4C(O)=C3C(=O)C21. The molecule has 1 aromatic carbocycles. The zero-order valence-corrected chi connectivity index (χ0v) is 25.1. The Morgan fingerprint density at radius 1 is 1.19 bits per heavy atom. The number of phenols is 1. The summed E-state index contributed by atoms with van der Waals surface area (Å²) in [4.78, 5) is 31.0. The lowest BCUT2D eigenvalue weighted by Gasteiger charge is -2.53. The maximum absolute atomic E-state index is 14.4. The predicted molar refractivity (Wildman–Crippen MR) is 160 cm³/mol. The Morgan fingerprint density at radius 2 is 1.88 bits per heavy atom. The van der Waals surface area contributed by atoms with Crippen molar-refractivity contribution < 1.29 is 29.3 Å². The van der Waals surface area contributed by atoms with Gasteiger partial charge in [-0.15, -0.1) is 6.58 Å². The van der Waals surface area contributed by atoms with Crippen LogP contribution in [0.1, 0.15) is 44.1 Å². The van der Waals surface area contributed by atoms with Gasteiger partial charge < -0.3 is 25.5 Å². The van der Waals surface area contributed by atoms with Crippen molar-refractivity contribution in [3.63, 3.8) is 0 Å². The second-order valence-electron chi connectivity index (χ2n) is 12.7. The van der Waals surface area contributed by atoms with Crippen LogP contribution in [-0.4, -0.2) is 70.0 Å². The Kier molecular flexibility index (Phi) is 7.39. The number of allylic oxidation sites excluding steroid dienone is 2. The van der Waals surface area contributed by atoms with Gasteiger partial charge in [0.1, 0.15) is 28.8 Å². The van der Waals surface area contributed by atoms with E-state index in [1.54, 1.807) is 32.0 Å². The molecule has 5 rings (SSSR count). The largest absolute Gasteiger partial charge is 0.510 e. The number of carbonyl (C=O) groups is 2. The van der Waals surface area contributed by atoms with Crippen molar-refractivity contribution in [3.05, 3.63) is 70.7 Å². The second kappa shape index (κ2) is 10.5. The zero-order valence-electron chi connectivity index (χ0n) is 25.1. The van der Waals surface area contributed by atoms with Crippen LogP contribution in [0.3, 0.4) is 0 Å². The minimum atomic E-state index is -1.25. The van der Waals surface area contributed by atoms with Gasteiger partial charge >= 0.3 is 0 Å². The number of primary amides is 1. The molecule has 3 aliphatic rings. The number of hydrogen-bond acceptors (Lipinski definition) is 8. The fourth-order valence-corrected chi connectivity index (χ4v) is 7.46. The molecule has 0 saturated heterocycles. The number of nitrogens with two attached hydrogens (primary N) is 1. The van der Waals surface area contributed by atoms with Crippen LogP contribution < -0.4 is 5.73 Å². The van der Waals surface area contributed by atoms with E-state index in [1.807, 2.05) is 19.2 Å². The highest BCUT2D eigenvalue weighted by molar-refractivity contribution is 6.08. The summed E-state index contributed by atoms with van der Waals surface area (Å²) >= 11 is 0. The number of hydrogen-bond donors (Lipinski definition) is 4. The number of rotatable bonds is 7. The molecule has 0 radical (unpaired) electrons. The number of nitrogens with zero attached hydrogens (tertiary/aromatic N) is 2. The van der Waals surface area contributed by atoms with E-state index in [9.17, 15) is 24.9 Å². The molecule has 9 heteroatoms. The molecule has 224 valence electrons. The number of benzene rings is 1. The normalized spacial score (nSPS) is 27.4. The summed E-state index contributed by atoms with van der Waals surface area (Å²) in [6, 6.07) is 6.81. The number of furan rings is 1. The summed E-state index contributed by atoms with van der Waals surface area (Å²) in [5, 5.41) is 34.0. The van der Waals surface area contributed by atoms with Crippen molar-refractivity contribution >= 4 is 17.4 Å². The lowest BCUT2D eigenvalue weighted by atomic mass is 9.51. The first-order valence-electron chi connectivity index (χ1n) is 14.4. The Labute approximate surface area is 246 Å². The summed E-state index contributed by atoms with van der Waals surface area (Å²) in [6.07, 6.45) is 2.34. The first-order chi connectivity index (χ1) is 19.7. The molecule has 2 aromatic rings. The quantitative estimate of drug-likeness (QED) is 0.352. The predicted octanol–water partition coefficient (Wildman–Crippen LogP) is 4.57. The van der Waals surface area contributed by atoms with Crippen molar-refractivity contribution in [2.45, 2.75) is 52.2 Å². The molecule has 9 nitrogen and oxygen atoms in total. The van der Waals surface area contributed by atoms with E-state index >= 15 is 0 Å². The first kappa shape index (κ1) is 29.7. The molecular formula is C33H41N3O6. The Hall–Kier alpha value is -3.82. The monoisotopic (exact) mass is 575 g/mol. The molecule has 5 atom stereocenters. The molecule has 1 heterocycles. The van der Waals surface area contributed by atoms with Crippen LogP contribution in [0.15, 0.2) is 58.2 Å². The molecule has 1 saturated carbocycles. The minimum absolute atomic E-state index is 0.0394. The highest BCUT2D eigenvalue weighted by atomic mass is 16.3. The summed E-state index contributed by atoms with van der Waals surface area (Å²) in [5.41, 5.74) is 6.35. The molecule has 42 heavy (non-hydrogen) atoms. The minimum Gasteiger partial charge on any atom is -0.510 e. The van der Waals surface area contributed by atoms with Gasteiger partial charge in [-0.25, -0.2) is 0 Å². The topological polar surface area (TPSA) is 140 Å². The van der Waals surface area contributed by atoms with E-state index in [0.717, 1.165) is 11.3 Å². The van der Waals surface area contributed by atoms with E-state index < -0.39 is 23.3 Å². The van der Waals surface area contributed by atoms with Crippen LogP contribution >= 0.6 is 0 Å². The standard InChI is InChI=1S/C33H41N3O6/c1-8-33(4)26-21(28(35(5)6)31(40)27(33)32(34)41)14-17-13-20-19(23-12-9-18(42-23)15-36(7)16(2)3)10-11-22(37)25(20)29(38)24(17)30(26)39/h8-12,16-17,21,26,28,37-38,40H,1,13-15H2,2-7H3,(H2,34,41)/t17?,21?,26?,28-,33-/m0/s1. The van der Waals surface area contributed by atoms with Gasteiger partial charge in [0.05, 0.1) is 23.7 Å². The third kappa shape index (κ3) is 4.37. The Balaban J connectivity index is 1.64. The zero-order chi connectivity index (χ0) is 30.8. The highest BCUT2D eigenvalue weighted by Gasteiger charge is 2.59. The van der Waals surface area contributed by atoms with Crippen LogP contribution in [0.25, 0.3) is 17.1 Å². The third-order valence-corrected chi connectivity index (χ3v) is 9.74. The van der Waals surface area contributed by atoms with E-state index in [2.05, 4.69) is 25.3 Å². The van der Waals surface area contributed by atoms with Crippen molar-refractivity contribution in [2.75, 3.05) is 21.1 Å². The number of fused-ring (bicyclic) bond motifs is 3. The van der Waals surface area contributed by atoms with Crippen LogP contribution in [0.5, 0.6) is 5.75 Å². The molecule has 0 aliphatic heterocycles. The Morgan fingerprint density at radius 3 is 2.48 bits per heavy atom. The lowest BCUT2D eigenvalue weighted by molar-refractivity contribution is -0.130. The molecule has 3 aliphatic carbocycles. The number of phenolic OH excluding ortho intramolecular Hbond substituents is 1. The van der Waals surface area contributed by atoms with E-state index in [1.165, 1.54) is 12.1 Å². The van der Waals surface area contributed by atoms with Gasteiger partial charge in [0, 0.05) is 28.5 Å². The van der Waals surface area contributed by atoms with Crippen molar-refractivity contribution in [1.29, 1.82) is 0 Å². The van der Waals surface area contributed by atoms with Crippen LogP contribution in [-0.2, 0) is 22.6 Å². The molecule has 1 fully saturated rings. The number of ketones is 1. The molecule has 5 N–H and O–H groups in total. The molecule has 1 amide bonds. The van der Waals surface area contributed by atoms with Crippen molar-refractivity contribution in [1.82, 2.24) is 9.80 Å². The van der Waals surface area contributed by atoms with Gasteiger partial charge in [0.25, 0.3) is 0 Å². The van der Waals surface area contributed by atoms with E-state index in [-0.39, 0.29) is 51.6 Å². The van der Waals surface area contributed by atoms with Gasteiger partial charge in [-0.3, -0.25) is 19.4 Å². The van der Waals surface area contributed by atoms with Gasteiger partial charge in [0.2, 0.25) is 5.91 Å².